The minimum atomic E-state index is -3.03. The van der Waals surface area contributed by atoms with E-state index in [1.165, 1.54) is 0 Å². The van der Waals surface area contributed by atoms with Crippen LogP contribution in [0.2, 0.25) is 0 Å². The molecule has 0 rings (SSSR count). The van der Waals surface area contributed by atoms with Gasteiger partial charge in [-0.25, -0.2) is 4.21 Å². The molecule has 0 spiro atoms. The minimum Gasteiger partial charge on any atom is -0.359 e. The zero-order chi connectivity index (χ0) is 8.04. The maximum Gasteiger partial charge on any atom is 0.207 e. The summed E-state index contributed by atoms with van der Waals surface area (Å²) in [6.07, 6.45) is 0.986. The van der Waals surface area contributed by atoms with Crippen molar-refractivity contribution in [3.63, 3.8) is 0 Å². The smallest absolute Gasteiger partial charge is 0.207 e. The summed E-state index contributed by atoms with van der Waals surface area (Å²) in [4.78, 5) is 9.66. The van der Waals surface area contributed by atoms with Gasteiger partial charge in [0, 0.05) is 17.7 Å². The molecule has 0 fully saturated rings. The van der Waals surface area contributed by atoms with Crippen molar-refractivity contribution in [3.05, 3.63) is 0 Å². The standard InChI is InChI=1S/C4H9NO3S2/c6-4-5-2-1-3-10(7,8)9/h4H,1-3H2,(H,5,6)(H,7,8,9). The topological polar surface area (TPSA) is 66.4 Å². The minimum absolute atomic E-state index is 0.0587. The van der Waals surface area contributed by atoms with Crippen molar-refractivity contribution in [1.82, 2.24) is 5.32 Å². The molecule has 6 heteroatoms. The van der Waals surface area contributed by atoms with Crippen LogP contribution in [0.5, 0.6) is 0 Å². The molecule has 0 aliphatic carbocycles. The third-order valence-electron chi connectivity index (χ3n) is 0.807. The van der Waals surface area contributed by atoms with Gasteiger partial charge in [0.05, 0.1) is 5.75 Å². The number of hydrogen-bond acceptors (Lipinski definition) is 3. The highest BCUT2D eigenvalue weighted by molar-refractivity contribution is 8.29. The second kappa shape index (κ2) is 4.59. The average molecular weight is 183 g/mol. The van der Waals surface area contributed by atoms with E-state index in [0.29, 0.717) is 19.4 Å². The van der Waals surface area contributed by atoms with Gasteiger partial charge in [-0.15, -0.1) is 0 Å². The second-order valence-electron chi connectivity index (χ2n) is 1.71. The molecule has 4 nitrogen and oxygen atoms in total. The summed E-state index contributed by atoms with van der Waals surface area (Å²) < 4.78 is 18.9. The Balaban J connectivity index is 3.29. The fourth-order valence-corrected chi connectivity index (χ4v) is 1.28. The van der Waals surface area contributed by atoms with E-state index in [1.807, 2.05) is 0 Å². The van der Waals surface area contributed by atoms with Crippen molar-refractivity contribution < 1.29 is 13.6 Å². The largest absolute Gasteiger partial charge is 0.359 e. The molecule has 1 amide bonds. The van der Waals surface area contributed by atoms with Crippen LogP contribution in [0, 0.1) is 0 Å². The van der Waals surface area contributed by atoms with Gasteiger partial charge in [-0.1, -0.05) is 0 Å². The molecule has 60 valence electrons. The number of amides is 1. The molecular weight excluding hydrogens is 174 g/mol. The van der Waals surface area contributed by atoms with Crippen LogP contribution < -0.4 is 5.32 Å². The highest BCUT2D eigenvalue weighted by Crippen LogP contribution is 1.86. The van der Waals surface area contributed by atoms with Crippen LogP contribution in [0.15, 0.2) is 0 Å². The summed E-state index contributed by atoms with van der Waals surface area (Å²) in [6.45, 7) is 0.400. The molecule has 0 saturated heterocycles. The van der Waals surface area contributed by atoms with Crippen LogP contribution in [0.4, 0.5) is 0 Å². The Hall–Kier alpha value is -0.200. The third kappa shape index (κ3) is 7.80. The van der Waals surface area contributed by atoms with Gasteiger partial charge in [0.2, 0.25) is 6.41 Å². The Bertz CT molecular complexity index is 187. The fourth-order valence-electron chi connectivity index (χ4n) is 0.416. The summed E-state index contributed by atoms with van der Waals surface area (Å²) >= 11 is 4.20. The Labute approximate surface area is 64.5 Å². The van der Waals surface area contributed by atoms with Gasteiger partial charge in [-0.05, 0) is 6.42 Å². The van der Waals surface area contributed by atoms with Crippen molar-refractivity contribution in [2.24, 2.45) is 0 Å². The first-order chi connectivity index (χ1) is 4.56. The lowest BCUT2D eigenvalue weighted by Crippen LogP contribution is -2.15. The van der Waals surface area contributed by atoms with E-state index in [0.717, 1.165) is 0 Å². The van der Waals surface area contributed by atoms with Crippen LogP contribution in [0.1, 0.15) is 6.42 Å². The first-order valence-corrected chi connectivity index (χ1v) is 5.29. The molecule has 1 unspecified atom stereocenters. The summed E-state index contributed by atoms with van der Waals surface area (Å²) in [5.74, 6) is 0.0587. The molecular formula is C4H9NO3S2. The molecule has 0 aliphatic rings. The van der Waals surface area contributed by atoms with Crippen molar-refractivity contribution in [3.8, 4) is 0 Å². The molecule has 0 radical (unpaired) electrons. The molecule has 1 atom stereocenters. The predicted octanol–water partition coefficient (Wildman–Crippen LogP) is -0.658. The van der Waals surface area contributed by atoms with Gasteiger partial charge in [0.25, 0.3) is 0 Å². The highest BCUT2D eigenvalue weighted by Gasteiger charge is 1.97. The van der Waals surface area contributed by atoms with Crippen LogP contribution in [0.3, 0.4) is 0 Å². The summed E-state index contributed by atoms with van der Waals surface area (Å²) in [5.41, 5.74) is 0. The molecule has 0 bridgehead atoms. The lowest BCUT2D eigenvalue weighted by Gasteiger charge is -1.97. The van der Waals surface area contributed by atoms with E-state index in [4.69, 9.17) is 4.55 Å². The van der Waals surface area contributed by atoms with E-state index >= 15 is 0 Å². The van der Waals surface area contributed by atoms with E-state index in [9.17, 15) is 9.00 Å². The quantitative estimate of drug-likeness (QED) is 0.439. The van der Waals surface area contributed by atoms with E-state index in [2.05, 4.69) is 16.5 Å². The number of hydrogen-bond donors (Lipinski definition) is 2. The van der Waals surface area contributed by atoms with Crippen molar-refractivity contribution >= 4 is 26.4 Å². The average Bonchev–Trinajstić information content (AvgIpc) is 1.78. The molecule has 0 aromatic carbocycles. The van der Waals surface area contributed by atoms with Gasteiger partial charge in [-0.2, -0.15) is 0 Å². The normalized spacial score (nSPS) is 15.7. The molecule has 0 aromatic rings. The molecule has 0 saturated carbocycles. The van der Waals surface area contributed by atoms with Gasteiger partial charge in [0.15, 0.2) is 0 Å². The third-order valence-corrected chi connectivity index (χ3v) is 2.11. The number of carbonyl (C=O) groups is 1. The molecule has 2 N–H and O–H groups in total. The van der Waals surface area contributed by atoms with Gasteiger partial charge in [-0.3, -0.25) is 4.79 Å². The molecule has 0 heterocycles. The summed E-state index contributed by atoms with van der Waals surface area (Å²) in [6, 6.07) is 0. The van der Waals surface area contributed by atoms with E-state index in [1.54, 1.807) is 0 Å². The van der Waals surface area contributed by atoms with E-state index < -0.39 is 8.77 Å². The zero-order valence-electron chi connectivity index (χ0n) is 5.28. The highest BCUT2D eigenvalue weighted by atomic mass is 32.8. The van der Waals surface area contributed by atoms with E-state index in [-0.39, 0.29) is 5.75 Å². The number of nitrogens with one attached hydrogen (secondary N) is 1. The monoisotopic (exact) mass is 183 g/mol. The number of rotatable bonds is 5. The zero-order valence-corrected chi connectivity index (χ0v) is 6.91. The van der Waals surface area contributed by atoms with Crippen molar-refractivity contribution in [2.75, 3.05) is 12.3 Å². The van der Waals surface area contributed by atoms with Crippen molar-refractivity contribution in [2.45, 2.75) is 6.42 Å². The predicted molar refractivity (Wildman–Crippen MR) is 41.7 cm³/mol. The fraction of sp³-hybridized carbons (Fsp3) is 0.750. The Morgan fingerprint density at radius 2 is 2.30 bits per heavy atom. The maximum absolute atomic E-state index is 10.4. The van der Waals surface area contributed by atoms with Gasteiger partial charge >= 0.3 is 0 Å². The molecule has 10 heavy (non-hydrogen) atoms. The number of carbonyl (C=O) groups excluding carboxylic acids is 1. The Kier molecular flexibility index (Phi) is 4.50. The van der Waals surface area contributed by atoms with Crippen LogP contribution >= 0.6 is 0 Å². The van der Waals surface area contributed by atoms with Gasteiger partial charge in [0.1, 0.15) is 8.77 Å². The summed E-state index contributed by atoms with van der Waals surface area (Å²) in [5, 5.41) is 2.36. The van der Waals surface area contributed by atoms with Crippen molar-refractivity contribution in [1.29, 1.82) is 0 Å². The van der Waals surface area contributed by atoms with Crippen LogP contribution in [-0.4, -0.2) is 27.5 Å². The second-order valence-corrected chi connectivity index (χ2v) is 4.85. The lowest BCUT2D eigenvalue weighted by atomic mass is 10.5. The lowest BCUT2D eigenvalue weighted by molar-refractivity contribution is -0.109. The molecule has 0 aliphatic heterocycles. The van der Waals surface area contributed by atoms with Crippen LogP contribution in [0.25, 0.3) is 0 Å². The van der Waals surface area contributed by atoms with Gasteiger partial charge < -0.3 is 9.87 Å². The van der Waals surface area contributed by atoms with Crippen LogP contribution in [-0.2, 0) is 24.8 Å². The Morgan fingerprint density at radius 1 is 1.70 bits per heavy atom. The summed E-state index contributed by atoms with van der Waals surface area (Å²) in [7, 11) is -3.03. The molecule has 0 aromatic heterocycles. The Morgan fingerprint density at radius 3 is 2.70 bits per heavy atom. The maximum atomic E-state index is 10.4. The SMILES string of the molecule is O=CNCCCS(=O)(O)=S. The first kappa shape index (κ1) is 9.80. The first-order valence-electron chi connectivity index (χ1n) is 2.68.